The van der Waals surface area contributed by atoms with E-state index in [4.69, 9.17) is 9.47 Å². The summed E-state index contributed by atoms with van der Waals surface area (Å²) in [5, 5.41) is 3.56. The Balaban J connectivity index is 1.71. The highest BCUT2D eigenvalue weighted by atomic mass is 19.1. The van der Waals surface area contributed by atoms with Crippen molar-refractivity contribution in [3.8, 4) is 11.5 Å². The molecule has 0 aromatic heterocycles. The normalized spacial score (nSPS) is 12.6. The quantitative estimate of drug-likeness (QED) is 0.700. The Hall–Kier alpha value is -2.96. The summed E-state index contributed by atoms with van der Waals surface area (Å²) < 4.78 is 37.0. The number of halogens is 2. The fraction of sp³-hybridized carbons (Fsp3) is 0.0667. The second kappa shape index (κ2) is 5.80. The zero-order valence-corrected chi connectivity index (χ0v) is 11.2. The number of rotatable bonds is 3. The number of ether oxygens (including phenoxy) is 2. The Kier molecular flexibility index (Phi) is 3.69. The molecule has 1 aliphatic rings. The SMILES string of the molecule is O=C(N/N=C\c1c(F)cccc1F)c1ccc2c(c1)OCO2. The highest BCUT2D eigenvalue weighted by Crippen LogP contribution is 2.32. The van der Waals surface area contributed by atoms with Crippen LogP contribution in [-0.2, 0) is 0 Å². The van der Waals surface area contributed by atoms with Gasteiger partial charge in [-0.25, -0.2) is 14.2 Å². The molecule has 1 amide bonds. The lowest BCUT2D eigenvalue weighted by molar-refractivity contribution is 0.0954. The molecular formula is C15H10F2N2O3. The number of hydrogen-bond donors (Lipinski definition) is 1. The van der Waals surface area contributed by atoms with E-state index in [1.165, 1.54) is 18.2 Å². The van der Waals surface area contributed by atoms with E-state index in [0.717, 1.165) is 18.3 Å². The number of nitrogens with zero attached hydrogens (tertiary/aromatic N) is 1. The van der Waals surface area contributed by atoms with E-state index in [1.54, 1.807) is 6.07 Å². The Morgan fingerprint density at radius 2 is 1.86 bits per heavy atom. The van der Waals surface area contributed by atoms with Crippen molar-refractivity contribution in [2.24, 2.45) is 5.10 Å². The maximum absolute atomic E-state index is 13.4. The third-order valence-corrected chi connectivity index (χ3v) is 2.99. The van der Waals surface area contributed by atoms with E-state index in [9.17, 15) is 13.6 Å². The lowest BCUT2D eigenvalue weighted by Gasteiger charge is -2.02. The molecule has 5 nitrogen and oxygen atoms in total. The first kappa shape index (κ1) is 14.0. The molecule has 3 rings (SSSR count). The number of nitrogens with one attached hydrogen (secondary N) is 1. The van der Waals surface area contributed by atoms with Crippen molar-refractivity contribution < 1.29 is 23.0 Å². The molecular weight excluding hydrogens is 294 g/mol. The van der Waals surface area contributed by atoms with E-state index >= 15 is 0 Å². The van der Waals surface area contributed by atoms with Crippen LogP contribution in [-0.4, -0.2) is 18.9 Å². The summed E-state index contributed by atoms with van der Waals surface area (Å²) in [6.45, 7) is 0.102. The summed E-state index contributed by atoms with van der Waals surface area (Å²) in [7, 11) is 0. The minimum absolute atomic E-state index is 0.102. The first-order valence-electron chi connectivity index (χ1n) is 6.32. The van der Waals surface area contributed by atoms with Gasteiger partial charge in [-0.1, -0.05) is 6.07 Å². The van der Waals surface area contributed by atoms with E-state index in [0.29, 0.717) is 11.5 Å². The molecule has 1 N–H and O–H groups in total. The van der Waals surface area contributed by atoms with Crippen LogP contribution >= 0.6 is 0 Å². The summed E-state index contributed by atoms with van der Waals surface area (Å²) in [5.74, 6) is -1.06. The van der Waals surface area contributed by atoms with Crippen molar-refractivity contribution in [2.75, 3.05) is 6.79 Å². The van der Waals surface area contributed by atoms with Crippen LogP contribution in [0.15, 0.2) is 41.5 Å². The summed E-state index contributed by atoms with van der Waals surface area (Å²) in [5.41, 5.74) is 2.16. The molecule has 0 saturated heterocycles. The van der Waals surface area contributed by atoms with Crippen molar-refractivity contribution in [3.05, 3.63) is 59.2 Å². The summed E-state index contributed by atoms with van der Waals surface area (Å²) in [6, 6.07) is 8.07. The summed E-state index contributed by atoms with van der Waals surface area (Å²) in [4.78, 5) is 11.9. The van der Waals surface area contributed by atoms with E-state index in [1.807, 2.05) is 0 Å². The van der Waals surface area contributed by atoms with Crippen LogP contribution in [0.1, 0.15) is 15.9 Å². The number of hydrogen-bond acceptors (Lipinski definition) is 4. The smallest absolute Gasteiger partial charge is 0.271 e. The number of hydrazone groups is 1. The van der Waals surface area contributed by atoms with Gasteiger partial charge in [0, 0.05) is 5.56 Å². The standard InChI is InChI=1S/C15H10F2N2O3/c16-11-2-1-3-12(17)10(11)7-18-19-15(20)9-4-5-13-14(6-9)22-8-21-13/h1-7H,8H2,(H,19,20)/b18-7-. The monoisotopic (exact) mass is 304 g/mol. The number of amides is 1. The van der Waals surface area contributed by atoms with Crippen LogP contribution in [0.25, 0.3) is 0 Å². The molecule has 0 aliphatic carbocycles. The largest absolute Gasteiger partial charge is 0.454 e. The van der Waals surface area contributed by atoms with Crippen LogP contribution in [0.2, 0.25) is 0 Å². The Morgan fingerprint density at radius 1 is 1.14 bits per heavy atom. The van der Waals surface area contributed by atoms with Gasteiger partial charge in [0.2, 0.25) is 6.79 Å². The van der Waals surface area contributed by atoms with Gasteiger partial charge in [-0.2, -0.15) is 5.10 Å². The maximum Gasteiger partial charge on any atom is 0.271 e. The van der Waals surface area contributed by atoms with Gasteiger partial charge >= 0.3 is 0 Å². The first-order chi connectivity index (χ1) is 10.6. The first-order valence-corrected chi connectivity index (χ1v) is 6.32. The molecule has 0 bridgehead atoms. The highest BCUT2D eigenvalue weighted by Gasteiger charge is 2.16. The minimum atomic E-state index is -0.763. The minimum Gasteiger partial charge on any atom is -0.454 e. The van der Waals surface area contributed by atoms with Crippen LogP contribution in [0.4, 0.5) is 8.78 Å². The molecule has 2 aromatic rings. The second-order valence-corrected chi connectivity index (χ2v) is 4.40. The Morgan fingerprint density at radius 3 is 2.64 bits per heavy atom. The predicted octanol–water partition coefficient (Wildman–Crippen LogP) is 2.46. The molecule has 0 atom stereocenters. The van der Waals surface area contributed by atoms with Gasteiger partial charge in [0.05, 0.1) is 11.8 Å². The lowest BCUT2D eigenvalue weighted by Crippen LogP contribution is -2.17. The number of carbonyl (C=O) groups is 1. The molecule has 0 fully saturated rings. The molecule has 1 heterocycles. The van der Waals surface area contributed by atoms with Gasteiger partial charge < -0.3 is 9.47 Å². The van der Waals surface area contributed by atoms with Crippen LogP contribution in [0, 0.1) is 11.6 Å². The van der Waals surface area contributed by atoms with Crippen molar-refractivity contribution in [1.29, 1.82) is 0 Å². The second-order valence-electron chi connectivity index (χ2n) is 4.40. The molecule has 112 valence electrons. The molecule has 7 heteroatoms. The zero-order valence-electron chi connectivity index (χ0n) is 11.2. The fourth-order valence-corrected chi connectivity index (χ4v) is 1.89. The van der Waals surface area contributed by atoms with E-state index < -0.39 is 17.5 Å². The molecule has 0 spiro atoms. The average molecular weight is 304 g/mol. The third-order valence-electron chi connectivity index (χ3n) is 2.99. The molecule has 1 aliphatic heterocycles. The number of benzene rings is 2. The van der Waals surface area contributed by atoms with Gasteiger partial charge in [0.1, 0.15) is 11.6 Å². The summed E-state index contributed by atoms with van der Waals surface area (Å²) >= 11 is 0. The Labute approximate surface area is 124 Å². The van der Waals surface area contributed by atoms with E-state index in [-0.39, 0.29) is 17.9 Å². The van der Waals surface area contributed by atoms with Crippen molar-refractivity contribution in [3.63, 3.8) is 0 Å². The molecule has 2 aromatic carbocycles. The number of fused-ring (bicyclic) bond motifs is 1. The Bertz CT molecular complexity index is 742. The molecule has 0 saturated carbocycles. The van der Waals surface area contributed by atoms with Crippen molar-refractivity contribution >= 4 is 12.1 Å². The maximum atomic E-state index is 13.4. The van der Waals surface area contributed by atoms with Crippen LogP contribution in [0.3, 0.4) is 0 Å². The van der Waals surface area contributed by atoms with Gasteiger partial charge in [0.25, 0.3) is 5.91 Å². The lowest BCUT2D eigenvalue weighted by atomic mass is 10.2. The fourth-order valence-electron chi connectivity index (χ4n) is 1.89. The van der Waals surface area contributed by atoms with E-state index in [2.05, 4.69) is 10.5 Å². The molecule has 0 radical (unpaired) electrons. The van der Waals surface area contributed by atoms with Gasteiger partial charge in [-0.3, -0.25) is 4.79 Å². The topological polar surface area (TPSA) is 59.9 Å². The zero-order chi connectivity index (χ0) is 15.5. The average Bonchev–Trinajstić information content (AvgIpc) is 2.97. The van der Waals surface area contributed by atoms with Crippen molar-refractivity contribution in [1.82, 2.24) is 5.43 Å². The van der Waals surface area contributed by atoms with Crippen LogP contribution < -0.4 is 14.9 Å². The predicted molar refractivity (Wildman–Crippen MR) is 74.0 cm³/mol. The van der Waals surface area contributed by atoms with Crippen molar-refractivity contribution in [2.45, 2.75) is 0 Å². The van der Waals surface area contributed by atoms with Gasteiger partial charge in [-0.05, 0) is 30.3 Å². The molecule has 0 unspecified atom stereocenters. The highest BCUT2D eigenvalue weighted by molar-refractivity contribution is 5.95. The molecule has 22 heavy (non-hydrogen) atoms. The van der Waals surface area contributed by atoms with Crippen LogP contribution in [0.5, 0.6) is 11.5 Å². The van der Waals surface area contributed by atoms with Gasteiger partial charge in [0.15, 0.2) is 11.5 Å². The number of carbonyl (C=O) groups excluding carboxylic acids is 1. The summed E-state index contributed by atoms with van der Waals surface area (Å²) in [6.07, 6.45) is 0.912. The third kappa shape index (κ3) is 2.73. The van der Waals surface area contributed by atoms with Gasteiger partial charge in [-0.15, -0.1) is 0 Å².